The molecule has 4 nitrogen and oxygen atoms in total. The molecule has 0 aliphatic carbocycles. The minimum Gasteiger partial charge on any atom is -0.361 e. The van der Waals surface area contributed by atoms with E-state index < -0.39 is 0 Å². The van der Waals surface area contributed by atoms with Crippen LogP contribution in [0.5, 0.6) is 0 Å². The highest BCUT2D eigenvalue weighted by atomic mass is 35.5. The summed E-state index contributed by atoms with van der Waals surface area (Å²) in [6.45, 7) is 0.581. The van der Waals surface area contributed by atoms with E-state index in [0.717, 1.165) is 33.1 Å². The SMILES string of the molecule is O=C(c1cc2cc(Cl)ccc2[nH]1)N1CC(CCl)c2c1ccc1[nH]ccc21. The number of rotatable bonds is 2. The van der Waals surface area contributed by atoms with E-state index in [1.807, 2.05) is 53.6 Å². The van der Waals surface area contributed by atoms with Crippen molar-refractivity contribution in [3.05, 3.63) is 64.9 Å². The lowest BCUT2D eigenvalue weighted by Crippen LogP contribution is -2.30. The number of nitrogens with one attached hydrogen (secondary N) is 2. The van der Waals surface area contributed by atoms with Crippen molar-refractivity contribution < 1.29 is 4.79 Å². The van der Waals surface area contributed by atoms with E-state index in [1.54, 1.807) is 0 Å². The molecule has 0 radical (unpaired) electrons. The van der Waals surface area contributed by atoms with Gasteiger partial charge in [-0.05, 0) is 48.0 Å². The predicted molar refractivity (Wildman–Crippen MR) is 107 cm³/mol. The number of anilines is 1. The Balaban J connectivity index is 1.61. The molecule has 5 rings (SSSR count). The Morgan fingerprint density at radius 3 is 2.85 bits per heavy atom. The molecule has 1 atom stereocenters. The molecule has 0 spiro atoms. The lowest BCUT2D eigenvalue weighted by atomic mass is 9.99. The summed E-state index contributed by atoms with van der Waals surface area (Å²) in [6, 6.07) is 13.5. The van der Waals surface area contributed by atoms with Crippen LogP contribution in [-0.2, 0) is 0 Å². The number of halogens is 2. The van der Waals surface area contributed by atoms with Crippen LogP contribution in [0.2, 0.25) is 5.02 Å². The van der Waals surface area contributed by atoms with Crippen LogP contribution in [-0.4, -0.2) is 28.3 Å². The Labute approximate surface area is 159 Å². The van der Waals surface area contributed by atoms with Gasteiger partial charge in [-0.25, -0.2) is 0 Å². The fraction of sp³-hybridized carbons (Fsp3) is 0.150. The fourth-order valence-corrected chi connectivity index (χ4v) is 4.33. The van der Waals surface area contributed by atoms with E-state index in [9.17, 15) is 4.79 Å². The first-order valence-corrected chi connectivity index (χ1v) is 9.33. The molecular weight excluding hydrogens is 369 g/mol. The molecule has 6 heteroatoms. The zero-order valence-corrected chi connectivity index (χ0v) is 15.2. The summed E-state index contributed by atoms with van der Waals surface area (Å²) in [7, 11) is 0. The highest BCUT2D eigenvalue weighted by Crippen LogP contribution is 2.42. The lowest BCUT2D eigenvalue weighted by Gasteiger charge is -2.16. The number of H-pyrrole nitrogens is 2. The molecule has 130 valence electrons. The predicted octanol–water partition coefficient (Wildman–Crippen LogP) is 5.29. The molecule has 1 aliphatic heterocycles. The second-order valence-electron chi connectivity index (χ2n) is 6.62. The molecule has 2 aromatic carbocycles. The van der Waals surface area contributed by atoms with Gasteiger partial charge in [0.15, 0.2) is 0 Å². The maximum absolute atomic E-state index is 13.2. The zero-order chi connectivity index (χ0) is 17.8. The van der Waals surface area contributed by atoms with E-state index in [1.165, 1.54) is 0 Å². The van der Waals surface area contributed by atoms with Gasteiger partial charge in [0, 0.05) is 57.1 Å². The summed E-state index contributed by atoms with van der Waals surface area (Å²) < 4.78 is 0. The van der Waals surface area contributed by atoms with Crippen molar-refractivity contribution in [1.29, 1.82) is 0 Å². The van der Waals surface area contributed by atoms with Gasteiger partial charge >= 0.3 is 0 Å². The number of alkyl halides is 1. The third kappa shape index (κ3) is 2.26. The van der Waals surface area contributed by atoms with Crippen LogP contribution in [0.4, 0.5) is 5.69 Å². The molecule has 2 aromatic heterocycles. The van der Waals surface area contributed by atoms with Gasteiger partial charge in [0.25, 0.3) is 5.91 Å². The standard InChI is InChI=1S/C20H15Cl2N3O/c21-9-12-10-25(18-4-3-16-14(19(12)18)5-6-23-16)20(26)17-8-11-7-13(22)1-2-15(11)24-17/h1-8,12,23-24H,9-10H2. The molecule has 4 aromatic rings. The summed E-state index contributed by atoms with van der Waals surface area (Å²) in [4.78, 5) is 21.5. The van der Waals surface area contributed by atoms with Gasteiger partial charge in [0.1, 0.15) is 5.69 Å². The van der Waals surface area contributed by atoms with Crippen LogP contribution in [0, 0.1) is 0 Å². The lowest BCUT2D eigenvalue weighted by molar-refractivity contribution is 0.0984. The highest BCUT2D eigenvalue weighted by Gasteiger charge is 2.34. The quantitative estimate of drug-likeness (QED) is 0.454. The number of hydrogen-bond acceptors (Lipinski definition) is 1. The largest absolute Gasteiger partial charge is 0.361 e. The van der Waals surface area contributed by atoms with Gasteiger partial charge in [-0.2, -0.15) is 0 Å². The number of aromatic nitrogens is 2. The van der Waals surface area contributed by atoms with E-state index in [2.05, 4.69) is 9.97 Å². The molecular formula is C20H15Cl2N3O. The second-order valence-corrected chi connectivity index (χ2v) is 7.36. The molecule has 1 amide bonds. The number of fused-ring (bicyclic) bond motifs is 4. The summed E-state index contributed by atoms with van der Waals surface area (Å²) in [6.07, 6.45) is 1.92. The molecule has 1 unspecified atom stereocenters. The van der Waals surface area contributed by atoms with Crippen LogP contribution in [0.1, 0.15) is 22.0 Å². The molecule has 3 heterocycles. The van der Waals surface area contributed by atoms with Gasteiger partial charge in [-0.15, -0.1) is 11.6 Å². The molecule has 2 N–H and O–H groups in total. The van der Waals surface area contributed by atoms with Crippen molar-refractivity contribution in [3.8, 4) is 0 Å². The van der Waals surface area contributed by atoms with Gasteiger partial charge in [-0.1, -0.05) is 11.6 Å². The van der Waals surface area contributed by atoms with Crippen molar-refractivity contribution in [3.63, 3.8) is 0 Å². The van der Waals surface area contributed by atoms with Crippen molar-refractivity contribution >= 4 is 56.6 Å². The third-order valence-corrected chi connectivity index (χ3v) is 5.71. The van der Waals surface area contributed by atoms with Crippen molar-refractivity contribution in [1.82, 2.24) is 9.97 Å². The van der Waals surface area contributed by atoms with E-state index >= 15 is 0 Å². The van der Waals surface area contributed by atoms with Gasteiger partial charge < -0.3 is 14.9 Å². The van der Waals surface area contributed by atoms with Crippen molar-refractivity contribution in [2.24, 2.45) is 0 Å². The first-order chi connectivity index (χ1) is 12.7. The smallest absolute Gasteiger partial charge is 0.274 e. The maximum Gasteiger partial charge on any atom is 0.274 e. The van der Waals surface area contributed by atoms with Crippen molar-refractivity contribution in [2.75, 3.05) is 17.3 Å². The Kier molecular flexibility index (Phi) is 3.52. The number of aromatic amines is 2. The number of hydrogen-bond donors (Lipinski definition) is 2. The monoisotopic (exact) mass is 383 g/mol. The average Bonchev–Trinajstić information content (AvgIpc) is 3.35. The van der Waals surface area contributed by atoms with Crippen LogP contribution in [0.25, 0.3) is 21.8 Å². The molecule has 26 heavy (non-hydrogen) atoms. The molecule has 0 saturated carbocycles. The molecule has 0 saturated heterocycles. The Hall–Kier alpha value is -2.43. The Morgan fingerprint density at radius 2 is 2.00 bits per heavy atom. The molecule has 1 aliphatic rings. The third-order valence-electron chi connectivity index (χ3n) is 5.10. The normalized spacial score (nSPS) is 16.5. The number of nitrogens with zero attached hydrogens (tertiary/aromatic N) is 1. The summed E-state index contributed by atoms with van der Waals surface area (Å²) in [5.74, 6) is 0.540. The first-order valence-electron chi connectivity index (χ1n) is 8.42. The van der Waals surface area contributed by atoms with E-state index in [0.29, 0.717) is 23.1 Å². The fourth-order valence-electron chi connectivity index (χ4n) is 3.90. The minimum absolute atomic E-state index is 0.0546. The van der Waals surface area contributed by atoms with E-state index in [-0.39, 0.29) is 11.8 Å². The van der Waals surface area contributed by atoms with Crippen molar-refractivity contribution in [2.45, 2.75) is 5.92 Å². The average molecular weight is 384 g/mol. The summed E-state index contributed by atoms with van der Waals surface area (Å²) in [5, 5.41) is 2.71. The van der Waals surface area contributed by atoms with E-state index in [4.69, 9.17) is 23.2 Å². The Morgan fingerprint density at radius 1 is 1.15 bits per heavy atom. The topological polar surface area (TPSA) is 51.9 Å². The van der Waals surface area contributed by atoms with Crippen LogP contribution < -0.4 is 4.90 Å². The number of carbonyl (C=O) groups is 1. The highest BCUT2D eigenvalue weighted by molar-refractivity contribution is 6.31. The van der Waals surface area contributed by atoms with Gasteiger partial charge in [0.05, 0.1) is 0 Å². The van der Waals surface area contributed by atoms with Crippen LogP contribution >= 0.6 is 23.2 Å². The first kappa shape index (κ1) is 15.8. The molecule has 0 bridgehead atoms. The summed E-state index contributed by atoms with van der Waals surface area (Å²) >= 11 is 12.3. The minimum atomic E-state index is -0.0546. The van der Waals surface area contributed by atoms with Crippen LogP contribution in [0.15, 0.2) is 48.7 Å². The second kappa shape index (κ2) is 5.79. The van der Waals surface area contributed by atoms with Crippen LogP contribution in [0.3, 0.4) is 0 Å². The number of carbonyl (C=O) groups excluding carboxylic acids is 1. The zero-order valence-electron chi connectivity index (χ0n) is 13.7. The van der Waals surface area contributed by atoms with Gasteiger partial charge in [0.2, 0.25) is 0 Å². The maximum atomic E-state index is 13.2. The molecule has 0 fully saturated rings. The number of benzene rings is 2. The summed E-state index contributed by atoms with van der Waals surface area (Å²) in [5.41, 5.74) is 4.59. The Bertz CT molecular complexity index is 1160. The number of amides is 1. The van der Waals surface area contributed by atoms with Gasteiger partial charge in [-0.3, -0.25) is 4.79 Å².